The van der Waals surface area contributed by atoms with Crippen LogP contribution in [0.1, 0.15) is 26.5 Å². The molecule has 0 spiro atoms. The molecule has 7 heteroatoms. The van der Waals surface area contributed by atoms with Crippen LogP contribution >= 0.6 is 0 Å². The van der Waals surface area contributed by atoms with Gasteiger partial charge < -0.3 is 13.9 Å². The molecule has 0 saturated carbocycles. The molecule has 0 fully saturated rings. The molecule has 1 heterocycles. The number of nitrogens with one attached hydrogen (secondary N) is 1. The van der Waals surface area contributed by atoms with E-state index >= 15 is 0 Å². The molecule has 1 aromatic heterocycles. The standard InChI is InChI=1S/C12H16N2O5/c1-12(2,3)19-11(16)14-9(10(15)17-4)5-8-6-18-7-13-8/h5-7H,1-4H3,(H,14,16). The Hall–Kier alpha value is -2.31. The Morgan fingerprint density at radius 3 is 2.58 bits per heavy atom. The van der Waals surface area contributed by atoms with Gasteiger partial charge in [-0.25, -0.2) is 14.6 Å². The number of hydrogen-bond donors (Lipinski definition) is 1. The Balaban J connectivity index is 2.82. The van der Waals surface area contributed by atoms with Crippen LogP contribution in [0.4, 0.5) is 4.79 Å². The van der Waals surface area contributed by atoms with Gasteiger partial charge in [-0.05, 0) is 26.8 Å². The van der Waals surface area contributed by atoms with E-state index in [0.717, 1.165) is 0 Å². The monoisotopic (exact) mass is 268 g/mol. The van der Waals surface area contributed by atoms with Crippen LogP contribution < -0.4 is 5.32 Å². The first-order chi connectivity index (χ1) is 8.81. The predicted molar refractivity (Wildman–Crippen MR) is 65.9 cm³/mol. The van der Waals surface area contributed by atoms with Gasteiger partial charge in [0.15, 0.2) is 6.39 Å². The number of methoxy groups -OCH3 is 1. The lowest BCUT2D eigenvalue weighted by Gasteiger charge is -2.19. The molecule has 7 nitrogen and oxygen atoms in total. The Morgan fingerprint density at radius 2 is 2.11 bits per heavy atom. The van der Waals surface area contributed by atoms with Crippen molar-refractivity contribution >= 4 is 18.1 Å². The van der Waals surface area contributed by atoms with Gasteiger partial charge >= 0.3 is 12.1 Å². The highest BCUT2D eigenvalue weighted by molar-refractivity contribution is 5.96. The largest absolute Gasteiger partial charge is 0.464 e. The fraction of sp³-hybridized carbons (Fsp3) is 0.417. The van der Waals surface area contributed by atoms with E-state index in [4.69, 9.17) is 9.15 Å². The molecule has 0 aliphatic heterocycles. The van der Waals surface area contributed by atoms with Gasteiger partial charge in [0.1, 0.15) is 23.3 Å². The first kappa shape index (κ1) is 14.7. The second-order valence-corrected chi connectivity index (χ2v) is 4.59. The minimum atomic E-state index is -0.757. The van der Waals surface area contributed by atoms with Crippen molar-refractivity contribution in [3.63, 3.8) is 0 Å². The number of oxazole rings is 1. The molecule has 0 unspecified atom stereocenters. The summed E-state index contributed by atoms with van der Waals surface area (Å²) in [6, 6.07) is 0. The summed E-state index contributed by atoms with van der Waals surface area (Å²) in [6.45, 7) is 5.14. The van der Waals surface area contributed by atoms with Gasteiger partial charge in [0.05, 0.1) is 7.11 Å². The Bertz CT molecular complexity index is 471. The van der Waals surface area contributed by atoms with Crippen molar-refractivity contribution in [2.75, 3.05) is 7.11 Å². The number of rotatable bonds is 3. The molecular weight excluding hydrogens is 252 g/mol. The van der Waals surface area contributed by atoms with E-state index in [1.165, 1.54) is 25.8 Å². The maximum absolute atomic E-state index is 11.6. The van der Waals surface area contributed by atoms with Crippen molar-refractivity contribution in [2.45, 2.75) is 26.4 Å². The smallest absolute Gasteiger partial charge is 0.412 e. The van der Waals surface area contributed by atoms with Crippen LogP contribution in [0.25, 0.3) is 6.08 Å². The van der Waals surface area contributed by atoms with Crippen LogP contribution in [-0.4, -0.2) is 29.8 Å². The topological polar surface area (TPSA) is 90.7 Å². The molecule has 19 heavy (non-hydrogen) atoms. The number of alkyl carbamates (subject to hydrolysis) is 1. The Kier molecular flexibility index (Phi) is 4.68. The number of hydrogen-bond acceptors (Lipinski definition) is 6. The molecule has 0 radical (unpaired) electrons. The first-order valence-electron chi connectivity index (χ1n) is 5.50. The second-order valence-electron chi connectivity index (χ2n) is 4.59. The minimum Gasteiger partial charge on any atom is -0.464 e. The maximum Gasteiger partial charge on any atom is 0.412 e. The van der Waals surface area contributed by atoms with Crippen molar-refractivity contribution in [1.82, 2.24) is 10.3 Å². The zero-order valence-corrected chi connectivity index (χ0v) is 11.2. The van der Waals surface area contributed by atoms with Gasteiger partial charge in [-0.15, -0.1) is 0 Å². The zero-order valence-electron chi connectivity index (χ0n) is 11.2. The Labute approximate surface area is 110 Å². The second kappa shape index (κ2) is 6.03. The summed E-state index contributed by atoms with van der Waals surface area (Å²) in [5.41, 5.74) is -0.388. The lowest BCUT2D eigenvalue weighted by Crippen LogP contribution is -2.34. The molecule has 0 aromatic carbocycles. The van der Waals surface area contributed by atoms with Crippen LogP contribution in [0, 0.1) is 0 Å². The number of carbonyl (C=O) groups is 2. The van der Waals surface area contributed by atoms with Crippen LogP contribution in [-0.2, 0) is 14.3 Å². The number of ether oxygens (including phenoxy) is 2. The van der Waals surface area contributed by atoms with E-state index in [9.17, 15) is 9.59 Å². The normalized spacial score (nSPS) is 11.9. The average Bonchev–Trinajstić information content (AvgIpc) is 2.77. The van der Waals surface area contributed by atoms with Gasteiger partial charge in [0.25, 0.3) is 0 Å². The van der Waals surface area contributed by atoms with E-state index in [2.05, 4.69) is 15.0 Å². The highest BCUT2D eigenvalue weighted by Crippen LogP contribution is 2.09. The van der Waals surface area contributed by atoms with Gasteiger partial charge in [0.2, 0.25) is 0 Å². The zero-order chi connectivity index (χ0) is 14.5. The predicted octanol–water partition coefficient (Wildman–Crippen LogP) is 1.71. The number of nitrogens with zero attached hydrogens (tertiary/aromatic N) is 1. The van der Waals surface area contributed by atoms with E-state index in [1.807, 2.05) is 0 Å². The molecule has 0 atom stereocenters. The van der Waals surface area contributed by atoms with Crippen LogP contribution in [0.3, 0.4) is 0 Å². The fourth-order valence-corrected chi connectivity index (χ4v) is 1.11. The lowest BCUT2D eigenvalue weighted by molar-refractivity contribution is -0.136. The Morgan fingerprint density at radius 1 is 1.42 bits per heavy atom. The van der Waals surface area contributed by atoms with Crippen molar-refractivity contribution in [2.24, 2.45) is 0 Å². The lowest BCUT2D eigenvalue weighted by atomic mass is 10.2. The SMILES string of the molecule is COC(=O)C(=Cc1cocn1)NC(=O)OC(C)(C)C. The third kappa shape index (κ3) is 5.24. The van der Waals surface area contributed by atoms with Crippen LogP contribution in [0.2, 0.25) is 0 Å². The highest BCUT2D eigenvalue weighted by atomic mass is 16.6. The molecule has 1 aromatic rings. The molecule has 0 aliphatic carbocycles. The average molecular weight is 268 g/mol. The number of carbonyl (C=O) groups excluding carboxylic acids is 2. The van der Waals surface area contributed by atoms with Gasteiger partial charge in [-0.1, -0.05) is 0 Å². The summed E-state index contributed by atoms with van der Waals surface area (Å²) in [4.78, 5) is 26.9. The molecule has 1 rings (SSSR count). The van der Waals surface area contributed by atoms with E-state index < -0.39 is 17.7 Å². The molecule has 1 amide bonds. The van der Waals surface area contributed by atoms with Crippen molar-refractivity contribution in [3.8, 4) is 0 Å². The molecule has 1 N–H and O–H groups in total. The third-order valence-electron chi connectivity index (χ3n) is 1.78. The van der Waals surface area contributed by atoms with Gasteiger partial charge in [-0.3, -0.25) is 5.32 Å². The molecule has 0 aliphatic rings. The number of aromatic nitrogens is 1. The first-order valence-corrected chi connectivity index (χ1v) is 5.50. The van der Waals surface area contributed by atoms with Crippen molar-refractivity contribution in [3.05, 3.63) is 24.0 Å². The summed E-state index contributed by atoms with van der Waals surface area (Å²) in [7, 11) is 1.20. The quantitative estimate of drug-likeness (QED) is 0.663. The van der Waals surface area contributed by atoms with Gasteiger partial charge in [0, 0.05) is 0 Å². The summed E-state index contributed by atoms with van der Waals surface area (Å²) in [5.74, 6) is -0.714. The maximum atomic E-state index is 11.6. The molecule has 104 valence electrons. The number of amides is 1. The van der Waals surface area contributed by atoms with E-state index in [-0.39, 0.29) is 5.70 Å². The summed E-state index contributed by atoms with van der Waals surface area (Å²) in [6.07, 6.45) is 3.08. The molecule has 0 bridgehead atoms. The van der Waals surface area contributed by atoms with Crippen molar-refractivity contribution in [1.29, 1.82) is 0 Å². The van der Waals surface area contributed by atoms with E-state index in [1.54, 1.807) is 20.8 Å². The minimum absolute atomic E-state index is 0.0920. The van der Waals surface area contributed by atoms with Crippen LogP contribution in [0.15, 0.2) is 22.8 Å². The van der Waals surface area contributed by atoms with Crippen molar-refractivity contribution < 1.29 is 23.5 Å². The van der Waals surface area contributed by atoms with E-state index in [0.29, 0.717) is 5.69 Å². The highest BCUT2D eigenvalue weighted by Gasteiger charge is 2.20. The van der Waals surface area contributed by atoms with Gasteiger partial charge in [-0.2, -0.15) is 0 Å². The fourth-order valence-electron chi connectivity index (χ4n) is 1.11. The summed E-state index contributed by atoms with van der Waals surface area (Å²) in [5, 5.41) is 2.31. The molecular formula is C12H16N2O5. The number of esters is 1. The molecule has 0 saturated heterocycles. The third-order valence-corrected chi connectivity index (χ3v) is 1.78. The summed E-state index contributed by atoms with van der Waals surface area (Å²) < 4.78 is 14.4. The summed E-state index contributed by atoms with van der Waals surface area (Å²) >= 11 is 0. The van der Waals surface area contributed by atoms with Crippen LogP contribution in [0.5, 0.6) is 0 Å².